The molecule has 0 amide bonds. The number of nitrogens with zero attached hydrogens (tertiary/aromatic N) is 2. The van der Waals surface area contributed by atoms with Crippen LogP contribution in [0.1, 0.15) is 16.8 Å². The van der Waals surface area contributed by atoms with Gasteiger partial charge in [-0.15, -0.1) is 0 Å². The summed E-state index contributed by atoms with van der Waals surface area (Å²) in [6.07, 6.45) is 7.36. The molecule has 2 aromatic heterocycles. The van der Waals surface area contributed by atoms with Gasteiger partial charge in [0.2, 0.25) is 5.75 Å². The second-order valence-electron chi connectivity index (χ2n) is 6.58. The SMILES string of the molecule is COc1cc(-c2cnc3c(c2)C(=Cc2cccnc2)C(=O)C3)cc(OC)c1OC. The first kappa shape index (κ1) is 18.7. The molecule has 0 N–H and O–H groups in total. The smallest absolute Gasteiger partial charge is 0.203 e. The summed E-state index contributed by atoms with van der Waals surface area (Å²) >= 11 is 0. The Balaban J connectivity index is 1.82. The minimum atomic E-state index is 0.0541. The van der Waals surface area contributed by atoms with E-state index in [9.17, 15) is 4.79 Å². The van der Waals surface area contributed by atoms with Gasteiger partial charge in [-0.05, 0) is 41.5 Å². The Bertz CT molecular complexity index is 1080. The molecule has 0 unspecified atom stereocenters. The third-order valence-corrected chi connectivity index (χ3v) is 4.88. The fraction of sp³-hybridized carbons (Fsp3) is 0.174. The van der Waals surface area contributed by atoms with Crippen molar-refractivity contribution in [2.24, 2.45) is 0 Å². The van der Waals surface area contributed by atoms with Crippen LogP contribution in [0.5, 0.6) is 17.2 Å². The van der Waals surface area contributed by atoms with Crippen molar-refractivity contribution in [1.29, 1.82) is 0 Å². The van der Waals surface area contributed by atoms with Crippen LogP contribution in [0.15, 0.2) is 48.9 Å². The number of Topliss-reactive ketones (excluding diaryl/α,β-unsaturated/α-hetero) is 1. The van der Waals surface area contributed by atoms with Crippen LogP contribution >= 0.6 is 0 Å². The number of allylic oxidation sites excluding steroid dienone is 1. The average molecular weight is 388 g/mol. The maximum absolute atomic E-state index is 12.6. The van der Waals surface area contributed by atoms with Crippen LogP contribution in [0, 0.1) is 0 Å². The minimum Gasteiger partial charge on any atom is -0.493 e. The monoisotopic (exact) mass is 388 g/mol. The highest BCUT2D eigenvalue weighted by Gasteiger charge is 2.26. The highest BCUT2D eigenvalue weighted by atomic mass is 16.5. The first-order valence-electron chi connectivity index (χ1n) is 9.09. The zero-order chi connectivity index (χ0) is 20.4. The van der Waals surface area contributed by atoms with Gasteiger partial charge in [-0.3, -0.25) is 14.8 Å². The predicted molar refractivity (Wildman–Crippen MR) is 110 cm³/mol. The van der Waals surface area contributed by atoms with E-state index < -0.39 is 0 Å². The molecular weight excluding hydrogens is 368 g/mol. The van der Waals surface area contributed by atoms with Crippen LogP contribution in [0.3, 0.4) is 0 Å². The van der Waals surface area contributed by atoms with Gasteiger partial charge in [-0.25, -0.2) is 0 Å². The summed E-state index contributed by atoms with van der Waals surface area (Å²) < 4.78 is 16.3. The Morgan fingerprint density at radius 3 is 2.34 bits per heavy atom. The van der Waals surface area contributed by atoms with E-state index in [1.54, 1.807) is 39.9 Å². The number of fused-ring (bicyclic) bond motifs is 1. The molecule has 6 heteroatoms. The number of hydrogen-bond acceptors (Lipinski definition) is 6. The maximum Gasteiger partial charge on any atom is 0.203 e. The van der Waals surface area contributed by atoms with Crippen LogP contribution < -0.4 is 14.2 Å². The molecule has 0 radical (unpaired) electrons. The summed E-state index contributed by atoms with van der Waals surface area (Å²) in [4.78, 5) is 21.2. The van der Waals surface area contributed by atoms with Crippen molar-refractivity contribution in [3.8, 4) is 28.4 Å². The van der Waals surface area contributed by atoms with E-state index in [-0.39, 0.29) is 5.78 Å². The van der Waals surface area contributed by atoms with Crippen molar-refractivity contribution >= 4 is 17.4 Å². The quantitative estimate of drug-likeness (QED) is 0.619. The van der Waals surface area contributed by atoms with Gasteiger partial charge in [0.25, 0.3) is 0 Å². The van der Waals surface area contributed by atoms with Gasteiger partial charge in [0.1, 0.15) is 0 Å². The Hall–Kier alpha value is -3.67. The molecule has 0 atom stereocenters. The number of ether oxygens (including phenoxy) is 3. The largest absolute Gasteiger partial charge is 0.493 e. The van der Waals surface area contributed by atoms with Crippen molar-refractivity contribution < 1.29 is 19.0 Å². The zero-order valence-electron chi connectivity index (χ0n) is 16.4. The highest BCUT2D eigenvalue weighted by molar-refractivity contribution is 6.29. The summed E-state index contributed by atoms with van der Waals surface area (Å²) in [6, 6.07) is 9.48. The molecule has 29 heavy (non-hydrogen) atoms. The summed E-state index contributed by atoms with van der Waals surface area (Å²) in [5, 5.41) is 0. The normalized spacial score (nSPS) is 14.0. The lowest BCUT2D eigenvalue weighted by molar-refractivity contribution is -0.112. The van der Waals surface area contributed by atoms with Gasteiger partial charge >= 0.3 is 0 Å². The summed E-state index contributed by atoms with van der Waals surface area (Å²) in [5.41, 5.74) is 4.85. The van der Waals surface area contributed by atoms with E-state index in [0.29, 0.717) is 29.2 Å². The molecule has 3 aromatic rings. The highest BCUT2D eigenvalue weighted by Crippen LogP contribution is 2.42. The van der Waals surface area contributed by atoms with Gasteiger partial charge in [0.05, 0.1) is 33.4 Å². The van der Waals surface area contributed by atoms with E-state index in [2.05, 4.69) is 9.97 Å². The molecule has 2 heterocycles. The number of carbonyl (C=O) groups excluding carboxylic acids is 1. The van der Waals surface area contributed by atoms with Crippen LogP contribution in [0.25, 0.3) is 22.8 Å². The van der Waals surface area contributed by atoms with Gasteiger partial charge in [0, 0.05) is 35.3 Å². The van der Waals surface area contributed by atoms with Crippen LogP contribution in [0.2, 0.25) is 0 Å². The molecule has 0 fully saturated rings. The number of pyridine rings is 2. The van der Waals surface area contributed by atoms with Crippen molar-refractivity contribution in [1.82, 2.24) is 9.97 Å². The molecule has 6 nitrogen and oxygen atoms in total. The summed E-state index contributed by atoms with van der Waals surface area (Å²) in [7, 11) is 4.73. The first-order valence-corrected chi connectivity index (χ1v) is 9.09. The van der Waals surface area contributed by atoms with E-state index in [1.807, 2.05) is 36.4 Å². The molecule has 0 saturated heterocycles. The van der Waals surface area contributed by atoms with Crippen LogP contribution in [-0.4, -0.2) is 37.1 Å². The fourth-order valence-corrected chi connectivity index (χ4v) is 3.46. The number of hydrogen-bond donors (Lipinski definition) is 0. The Kier molecular flexibility index (Phi) is 4.99. The summed E-state index contributed by atoms with van der Waals surface area (Å²) in [5.74, 6) is 1.70. The Labute approximate surface area is 168 Å². The number of carbonyl (C=O) groups is 1. The Morgan fingerprint density at radius 1 is 0.966 bits per heavy atom. The molecule has 0 spiro atoms. The molecule has 0 saturated carbocycles. The molecule has 0 aliphatic heterocycles. The molecular formula is C23H20N2O4. The number of aromatic nitrogens is 2. The molecule has 146 valence electrons. The molecule has 1 aliphatic rings. The third-order valence-electron chi connectivity index (χ3n) is 4.88. The molecule has 1 aliphatic carbocycles. The number of rotatable bonds is 5. The number of benzene rings is 1. The van der Waals surface area contributed by atoms with Crippen LogP contribution in [-0.2, 0) is 11.2 Å². The standard InChI is InChI=1S/C23H20N2O4/c1-27-21-9-15(10-22(28-2)23(21)29-3)16-8-17-18(7-14-5-4-6-24-12-14)20(26)11-19(17)25-13-16/h4-10,12-13H,11H2,1-3H3. The lowest BCUT2D eigenvalue weighted by atomic mass is 10.0. The lowest BCUT2D eigenvalue weighted by Crippen LogP contribution is -1.96. The average Bonchev–Trinajstić information content (AvgIpc) is 3.07. The third kappa shape index (κ3) is 3.45. The topological polar surface area (TPSA) is 70.5 Å². The fourth-order valence-electron chi connectivity index (χ4n) is 3.46. The maximum atomic E-state index is 12.6. The minimum absolute atomic E-state index is 0.0541. The first-order chi connectivity index (χ1) is 14.1. The number of methoxy groups -OCH3 is 3. The van der Waals surface area contributed by atoms with Crippen molar-refractivity contribution in [3.05, 3.63) is 65.7 Å². The van der Waals surface area contributed by atoms with E-state index in [4.69, 9.17) is 14.2 Å². The van der Waals surface area contributed by atoms with E-state index in [1.165, 1.54) is 0 Å². The second-order valence-corrected chi connectivity index (χ2v) is 6.58. The van der Waals surface area contributed by atoms with E-state index in [0.717, 1.165) is 27.9 Å². The van der Waals surface area contributed by atoms with Crippen molar-refractivity contribution in [2.45, 2.75) is 6.42 Å². The zero-order valence-corrected chi connectivity index (χ0v) is 16.4. The molecule has 4 rings (SSSR count). The van der Waals surface area contributed by atoms with E-state index >= 15 is 0 Å². The number of ketones is 1. The predicted octanol–water partition coefficient (Wildman–Crippen LogP) is 3.84. The van der Waals surface area contributed by atoms with Crippen LogP contribution in [0.4, 0.5) is 0 Å². The van der Waals surface area contributed by atoms with Crippen molar-refractivity contribution in [3.63, 3.8) is 0 Å². The summed E-state index contributed by atoms with van der Waals surface area (Å²) in [6.45, 7) is 0. The molecule has 1 aromatic carbocycles. The van der Waals surface area contributed by atoms with Gasteiger partial charge < -0.3 is 14.2 Å². The van der Waals surface area contributed by atoms with Gasteiger partial charge in [-0.1, -0.05) is 6.07 Å². The van der Waals surface area contributed by atoms with Gasteiger partial charge in [0.15, 0.2) is 17.3 Å². The Morgan fingerprint density at radius 2 is 1.72 bits per heavy atom. The second kappa shape index (κ2) is 7.75. The lowest BCUT2D eigenvalue weighted by Gasteiger charge is -2.14. The molecule has 0 bridgehead atoms. The van der Waals surface area contributed by atoms with Crippen molar-refractivity contribution in [2.75, 3.05) is 21.3 Å². The van der Waals surface area contributed by atoms with Gasteiger partial charge in [-0.2, -0.15) is 0 Å².